The summed E-state index contributed by atoms with van der Waals surface area (Å²) in [4.78, 5) is 47.3. The SMILES string of the molecule is CC[S@](=O)(=NC)c1ccc(-n2ccn(-c3c4c(nn3-c3cc(C)c(F)c(C)c3)CCN(C(=O)c3cc5cc(C6CCOCC6)ccc5n3[C@@]3(c5noc(=O)[nH]5)C[C@@H]3C)[C@H]4C)c2=O)c(F)c1. The Morgan fingerprint density at radius 3 is 2.37 bits per heavy atom. The zero-order chi connectivity index (χ0) is 45.7. The Morgan fingerprint density at radius 2 is 1.72 bits per heavy atom. The molecule has 1 aliphatic carbocycles. The lowest BCUT2D eigenvalue weighted by molar-refractivity contribution is 0.0663. The molecule has 3 aliphatic rings. The van der Waals surface area contributed by atoms with Gasteiger partial charge >= 0.3 is 11.4 Å². The summed E-state index contributed by atoms with van der Waals surface area (Å²) in [7, 11) is -1.41. The van der Waals surface area contributed by atoms with Gasteiger partial charge in [0.2, 0.25) is 0 Å². The molecule has 18 heteroatoms. The summed E-state index contributed by atoms with van der Waals surface area (Å²) >= 11 is 0. The zero-order valence-electron chi connectivity index (χ0n) is 36.9. The van der Waals surface area contributed by atoms with Crippen molar-refractivity contribution in [3.05, 3.63) is 139 Å². The van der Waals surface area contributed by atoms with Crippen LogP contribution in [-0.4, -0.2) is 81.2 Å². The molecule has 10 rings (SSSR count). The number of H-pyrrole nitrogens is 1. The summed E-state index contributed by atoms with van der Waals surface area (Å²) in [6.07, 6.45) is 5.67. The first-order valence-corrected chi connectivity index (χ1v) is 23.6. The van der Waals surface area contributed by atoms with E-state index in [0.717, 1.165) is 39.9 Å². The van der Waals surface area contributed by atoms with Crippen molar-refractivity contribution in [3.8, 4) is 17.2 Å². The van der Waals surface area contributed by atoms with Crippen LogP contribution >= 0.6 is 0 Å². The molecule has 0 bridgehead atoms. The lowest BCUT2D eigenvalue weighted by atomic mass is 9.91. The number of nitrogens with zero attached hydrogens (tertiary/aromatic N) is 8. The maximum absolute atomic E-state index is 16.0. The molecule has 1 amide bonds. The van der Waals surface area contributed by atoms with Crippen LogP contribution in [0.1, 0.15) is 96.3 Å². The Bertz CT molecular complexity index is 3300. The number of halogens is 2. The van der Waals surface area contributed by atoms with Crippen LogP contribution in [0.15, 0.2) is 90.4 Å². The van der Waals surface area contributed by atoms with Crippen LogP contribution in [0.25, 0.3) is 28.1 Å². The number of hydrogen-bond donors (Lipinski definition) is 1. The average molecular weight is 906 g/mol. The van der Waals surface area contributed by atoms with Crippen LogP contribution in [0, 0.1) is 31.4 Å². The van der Waals surface area contributed by atoms with E-state index in [2.05, 4.69) is 26.6 Å². The second kappa shape index (κ2) is 15.6. The quantitative estimate of drug-likeness (QED) is 0.158. The summed E-state index contributed by atoms with van der Waals surface area (Å²) in [6.45, 7) is 10.6. The number of amides is 1. The molecule has 1 saturated carbocycles. The van der Waals surface area contributed by atoms with E-state index >= 15 is 13.6 Å². The van der Waals surface area contributed by atoms with Crippen LogP contribution < -0.4 is 11.4 Å². The predicted molar refractivity (Wildman–Crippen MR) is 239 cm³/mol. The molecule has 2 fully saturated rings. The van der Waals surface area contributed by atoms with Crippen molar-refractivity contribution in [2.45, 2.75) is 82.7 Å². The number of aromatic amines is 1. The highest BCUT2D eigenvalue weighted by atomic mass is 32.2. The number of carbonyl (C=O) groups is 1. The van der Waals surface area contributed by atoms with E-state index in [-0.39, 0.29) is 40.5 Å². The Morgan fingerprint density at radius 1 is 1.00 bits per heavy atom. The third kappa shape index (κ3) is 6.65. The van der Waals surface area contributed by atoms with Crippen molar-refractivity contribution in [1.82, 2.24) is 38.5 Å². The fourth-order valence-corrected chi connectivity index (χ4v) is 11.6. The molecule has 6 heterocycles. The molecule has 338 valence electrons. The number of fused-ring (bicyclic) bond motifs is 2. The number of aryl methyl sites for hydroxylation is 2. The largest absolute Gasteiger partial charge is 0.438 e. The third-order valence-electron chi connectivity index (χ3n) is 13.9. The molecular weight excluding hydrogens is 857 g/mol. The van der Waals surface area contributed by atoms with Gasteiger partial charge in [-0.2, -0.15) is 5.10 Å². The van der Waals surface area contributed by atoms with Crippen molar-refractivity contribution >= 4 is 26.5 Å². The summed E-state index contributed by atoms with van der Waals surface area (Å²) in [5.74, 6) is -0.944. The van der Waals surface area contributed by atoms with Gasteiger partial charge in [-0.1, -0.05) is 25.1 Å². The van der Waals surface area contributed by atoms with Gasteiger partial charge in [0.1, 0.15) is 28.7 Å². The van der Waals surface area contributed by atoms with Crippen LogP contribution in [0.5, 0.6) is 0 Å². The molecule has 1 saturated heterocycles. The first-order valence-electron chi connectivity index (χ1n) is 21.9. The minimum Gasteiger partial charge on any atom is -0.381 e. The summed E-state index contributed by atoms with van der Waals surface area (Å²) in [6, 6.07) is 14.9. The minimum atomic E-state index is -2.84. The highest BCUT2D eigenvalue weighted by Gasteiger charge is 2.59. The average Bonchev–Trinajstić information content (AvgIpc) is 3.80. The van der Waals surface area contributed by atoms with Gasteiger partial charge in [0.05, 0.1) is 37.7 Å². The van der Waals surface area contributed by atoms with E-state index in [1.54, 1.807) is 42.5 Å². The molecule has 15 nitrogen and oxygen atoms in total. The van der Waals surface area contributed by atoms with Gasteiger partial charge in [-0.25, -0.2) is 31.6 Å². The first-order chi connectivity index (χ1) is 31.2. The zero-order valence-corrected chi connectivity index (χ0v) is 37.7. The van der Waals surface area contributed by atoms with Crippen LogP contribution in [0.4, 0.5) is 8.78 Å². The maximum atomic E-state index is 16.0. The topological polar surface area (TPSA) is 168 Å². The standard InChI is InChI=1S/C47H49F2N9O6S/c1-7-65(62,50-6)34-9-11-38(35(48)24-34)55-16-17-56(46(55)61)42-40-29(5)54(15-12-36(40)52-58(42)33-20-26(2)41(49)27(3)21-33)43(59)39-23-32-22-31(30-13-18-63-19-14-30)8-10-37(32)57(39)47(25-28(47)4)44-51-45(60)64-53-44/h8-11,16-17,20-24,28-30H,7,12-15,18-19,25H2,1-6H3,(H,51,53,60)/t28-,29-,47-,65+/m0/s1. The molecule has 2 aliphatic heterocycles. The van der Waals surface area contributed by atoms with E-state index < -0.39 is 38.6 Å². The fraction of sp³-hybridized carbons (Fsp3) is 0.383. The molecule has 0 radical (unpaired) electrons. The second-order valence-electron chi connectivity index (χ2n) is 17.5. The molecule has 65 heavy (non-hydrogen) atoms. The van der Waals surface area contributed by atoms with Crippen molar-refractivity contribution in [3.63, 3.8) is 0 Å². The Labute approximate surface area is 372 Å². The number of rotatable bonds is 9. The second-order valence-corrected chi connectivity index (χ2v) is 20.2. The number of imidazole rings is 1. The van der Waals surface area contributed by atoms with Gasteiger partial charge in [0.25, 0.3) is 5.91 Å². The van der Waals surface area contributed by atoms with E-state index in [0.29, 0.717) is 77.4 Å². The van der Waals surface area contributed by atoms with Crippen LogP contribution in [0.3, 0.4) is 0 Å². The normalized spacial score (nSPS) is 20.8. The van der Waals surface area contributed by atoms with Crippen molar-refractivity contribution < 1.29 is 27.0 Å². The Kier molecular flexibility index (Phi) is 10.2. The summed E-state index contributed by atoms with van der Waals surface area (Å²) in [5.41, 5.74) is 3.30. The maximum Gasteiger partial charge on any atom is 0.438 e. The van der Waals surface area contributed by atoms with Crippen LogP contribution in [0.2, 0.25) is 0 Å². The highest BCUT2D eigenvalue weighted by Crippen LogP contribution is 2.56. The highest BCUT2D eigenvalue weighted by molar-refractivity contribution is 7.93. The molecule has 4 aromatic heterocycles. The molecular formula is C47H49F2N9O6S. The van der Waals surface area contributed by atoms with E-state index in [4.69, 9.17) is 14.4 Å². The number of hydrogen-bond acceptors (Lipinski definition) is 9. The number of ether oxygens (including phenoxy) is 1. The van der Waals surface area contributed by atoms with Gasteiger partial charge in [-0.15, -0.1) is 0 Å². The van der Waals surface area contributed by atoms with E-state index in [1.807, 2.05) is 30.5 Å². The van der Waals surface area contributed by atoms with Crippen LogP contribution in [-0.2, 0) is 26.4 Å². The predicted octanol–water partition coefficient (Wildman–Crippen LogP) is 7.25. The Balaban J connectivity index is 1.12. The number of carbonyl (C=O) groups excluding carboxylic acids is 1. The van der Waals surface area contributed by atoms with Gasteiger partial charge < -0.3 is 14.2 Å². The van der Waals surface area contributed by atoms with Gasteiger partial charge in [-0.05, 0) is 117 Å². The molecule has 0 unspecified atom stereocenters. The summed E-state index contributed by atoms with van der Waals surface area (Å²) in [5, 5.41) is 10.1. The molecule has 0 spiro atoms. The van der Waals surface area contributed by atoms with Gasteiger partial charge in [-0.3, -0.25) is 23.4 Å². The molecule has 7 aromatic rings. The summed E-state index contributed by atoms with van der Waals surface area (Å²) < 4.78 is 65.2. The minimum absolute atomic E-state index is 0.00672. The fourth-order valence-electron chi connectivity index (χ4n) is 10.2. The van der Waals surface area contributed by atoms with E-state index in [9.17, 15) is 13.8 Å². The number of benzene rings is 3. The molecule has 3 aromatic carbocycles. The van der Waals surface area contributed by atoms with Crippen molar-refractivity contribution in [2.75, 3.05) is 32.6 Å². The van der Waals surface area contributed by atoms with Gasteiger partial charge in [0.15, 0.2) is 5.82 Å². The molecule has 4 atom stereocenters. The third-order valence-corrected chi connectivity index (χ3v) is 16.2. The number of aromatic nitrogens is 7. The van der Waals surface area contributed by atoms with E-state index in [1.165, 1.54) is 36.1 Å². The Hall–Kier alpha value is -6.40. The lowest BCUT2D eigenvalue weighted by Crippen LogP contribution is -2.41. The monoisotopic (exact) mass is 905 g/mol. The molecule has 1 N–H and O–H groups in total. The first kappa shape index (κ1) is 42.5. The number of nitrogens with one attached hydrogen (secondary N) is 1. The van der Waals surface area contributed by atoms with Crippen molar-refractivity contribution in [2.24, 2.45) is 10.3 Å². The smallest absolute Gasteiger partial charge is 0.381 e. The lowest BCUT2D eigenvalue weighted by Gasteiger charge is -2.34. The van der Waals surface area contributed by atoms with Gasteiger partial charge in [0, 0.05) is 67.8 Å². The van der Waals surface area contributed by atoms with Crippen molar-refractivity contribution in [1.29, 1.82) is 0 Å².